The summed E-state index contributed by atoms with van der Waals surface area (Å²) in [6.45, 7) is 10.7. The number of carbonyl (C=O) groups excluding carboxylic acids is 2. The van der Waals surface area contributed by atoms with E-state index < -0.39 is 5.97 Å². The third-order valence-corrected chi connectivity index (χ3v) is 2.50. The molecule has 18 heavy (non-hydrogen) atoms. The van der Waals surface area contributed by atoms with Gasteiger partial charge in [0, 0.05) is 12.6 Å². The monoisotopic (exact) mass is 259 g/mol. The van der Waals surface area contributed by atoms with Gasteiger partial charge in [0.15, 0.2) is 0 Å². The second kappa shape index (κ2) is 9.70. The Morgan fingerprint density at radius 2 is 1.83 bits per heavy atom. The molecule has 0 heterocycles. The molecule has 0 fully saturated rings. The number of hydrogen-bond acceptors (Lipinski definition) is 4. The van der Waals surface area contributed by atoms with Gasteiger partial charge in [-0.15, -0.1) is 0 Å². The molecule has 6 heteroatoms. The molecular formula is C12H25N3O3. The molecule has 0 bridgehead atoms. The van der Waals surface area contributed by atoms with Crippen LogP contribution in [0.25, 0.3) is 0 Å². The summed E-state index contributed by atoms with van der Waals surface area (Å²) < 4.78 is 4.71. The lowest BCUT2D eigenvalue weighted by atomic mass is 10.3. The molecule has 1 atom stereocenters. The number of carbonyl (C=O) groups is 2. The smallest absolute Gasteiger partial charge is 0.325 e. The van der Waals surface area contributed by atoms with Crippen LogP contribution in [0.5, 0.6) is 0 Å². The topological polar surface area (TPSA) is 70.7 Å². The van der Waals surface area contributed by atoms with Gasteiger partial charge >= 0.3 is 12.0 Å². The van der Waals surface area contributed by atoms with E-state index in [9.17, 15) is 9.59 Å². The van der Waals surface area contributed by atoms with E-state index in [2.05, 4.69) is 29.4 Å². The number of likely N-dealkylation sites (N-methyl/N-ethyl adjacent to an activating group) is 1. The summed E-state index contributed by atoms with van der Waals surface area (Å²) in [5.41, 5.74) is 0. The van der Waals surface area contributed by atoms with Gasteiger partial charge in [0.1, 0.15) is 6.54 Å². The number of amides is 2. The van der Waals surface area contributed by atoms with Crippen molar-refractivity contribution in [2.24, 2.45) is 0 Å². The lowest BCUT2D eigenvalue weighted by Gasteiger charge is -2.23. The minimum Gasteiger partial charge on any atom is -0.465 e. The van der Waals surface area contributed by atoms with Crippen LogP contribution in [0.15, 0.2) is 0 Å². The Morgan fingerprint density at radius 3 is 2.33 bits per heavy atom. The number of ether oxygens (including phenoxy) is 1. The average Bonchev–Trinajstić information content (AvgIpc) is 2.33. The van der Waals surface area contributed by atoms with Crippen molar-refractivity contribution >= 4 is 12.0 Å². The number of hydrogen-bond donors (Lipinski definition) is 2. The van der Waals surface area contributed by atoms with Crippen LogP contribution < -0.4 is 10.6 Å². The number of esters is 1. The highest BCUT2D eigenvalue weighted by atomic mass is 16.5. The zero-order valence-electron chi connectivity index (χ0n) is 11.8. The summed E-state index contributed by atoms with van der Waals surface area (Å²) in [4.78, 5) is 24.7. The van der Waals surface area contributed by atoms with Gasteiger partial charge in [0.2, 0.25) is 0 Å². The fraction of sp³-hybridized carbons (Fsp3) is 0.833. The van der Waals surface area contributed by atoms with Crippen molar-refractivity contribution in [3.63, 3.8) is 0 Å². The minimum atomic E-state index is -0.427. The first-order chi connectivity index (χ1) is 8.53. The summed E-state index contributed by atoms with van der Waals surface area (Å²) >= 11 is 0. The van der Waals surface area contributed by atoms with Crippen molar-refractivity contribution in [2.75, 3.05) is 32.8 Å². The molecule has 0 aromatic heterocycles. The molecule has 2 N–H and O–H groups in total. The van der Waals surface area contributed by atoms with Gasteiger partial charge in [0.05, 0.1) is 6.61 Å². The van der Waals surface area contributed by atoms with Gasteiger partial charge in [-0.05, 0) is 26.9 Å². The van der Waals surface area contributed by atoms with Crippen molar-refractivity contribution in [3.8, 4) is 0 Å². The zero-order chi connectivity index (χ0) is 14.0. The van der Waals surface area contributed by atoms with E-state index in [4.69, 9.17) is 4.74 Å². The Morgan fingerprint density at radius 1 is 1.22 bits per heavy atom. The van der Waals surface area contributed by atoms with Crippen LogP contribution >= 0.6 is 0 Å². The van der Waals surface area contributed by atoms with Crippen LogP contribution in [0, 0.1) is 0 Å². The summed E-state index contributed by atoms with van der Waals surface area (Å²) in [7, 11) is 0. The molecule has 0 rings (SSSR count). The third-order valence-electron chi connectivity index (χ3n) is 2.50. The van der Waals surface area contributed by atoms with Crippen molar-refractivity contribution in [3.05, 3.63) is 0 Å². The Bertz CT molecular complexity index is 255. The predicted octanol–water partition coefficient (Wildman–Crippen LogP) is 0.579. The molecule has 1 unspecified atom stereocenters. The summed E-state index contributed by atoms with van der Waals surface area (Å²) in [6.07, 6.45) is 0. The number of rotatable bonds is 8. The maximum atomic E-state index is 11.5. The van der Waals surface area contributed by atoms with E-state index in [1.807, 2.05) is 6.92 Å². The first-order valence-electron chi connectivity index (χ1n) is 6.45. The highest BCUT2D eigenvalue weighted by molar-refractivity contribution is 5.80. The van der Waals surface area contributed by atoms with E-state index in [0.29, 0.717) is 6.61 Å². The van der Waals surface area contributed by atoms with E-state index in [0.717, 1.165) is 19.6 Å². The largest absolute Gasteiger partial charge is 0.465 e. The summed E-state index contributed by atoms with van der Waals surface area (Å²) in [5.74, 6) is -0.427. The van der Waals surface area contributed by atoms with Crippen molar-refractivity contribution in [1.82, 2.24) is 15.5 Å². The Kier molecular flexibility index (Phi) is 9.00. The minimum absolute atomic E-state index is 0.0343. The van der Waals surface area contributed by atoms with E-state index in [-0.39, 0.29) is 18.6 Å². The third kappa shape index (κ3) is 7.89. The van der Waals surface area contributed by atoms with Gasteiger partial charge in [0.25, 0.3) is 0 Å². The molecule has 0 radical (unpaired) electrons. The normalized spacial score (nSPS) is 12.1. The van der Waals surface area contributed by atoms with Crippen LogP contribution in [-0.4, -0.2) is 55.7 Å². The molecule has 6 nitrogen and oxygen atoms in total. The summed E-state index contributed by atoms with van der Waals surface area (Å²) in [5, 5.41) is 5.24. The predicted molar refractivity (Wildman–Crippen MR) is 70.4 cm³/mol. The average molecular weight is 259 g/mol. The van der Waals surface area contributed by atoms with E-state index >= 15 is 0 Å². The second-order valence-electron chi connectivity index (χ2n) is 4.02. The molecule has 0 aromatic rings. The molecular weight excluding hydrogens is 234 g/mol. The van der Waals surface area contributed by atoms with Gasteiger partial charge in [-0.25, -0.2) is 4.79 Å². The molecule has 0 aliphatic carbocycles. The maximum absolute atomic E-state index is 11.5. The first-order valence-corrected chi connectivity index (χ1v) is 6.45. The maximum Gasteiger partial charge on any atom is 0.325 e. The molecule has 106 valence electrons. The van der Waals surface area contributed by atoms with Crippen molar-refractivity contribution < 1.29 is 14.3 Å². The van der Waals surface area contributed by atoms with E-state index in [1.54, 1.807) is 6.92 Å². The van der Waals surface area contributed by atoms with Crippen molar-refractivity contribution in [2.45, 2.75) is 33.7 Å². The standard InChI is InChI=1S/C12H25N3O3/c1-5-15(6-2)9-10(4)14-12(17)13-8-11(16)18-7-3/h10H,5-9H2,1-4H3,(H2,13,14,17). The molecule has 0 aromatic carbocycles. The lowest BCUT2D eigenvalue weighted by molar-refractivity contribution is -0.141. The lowest BCUT2D eigenvalue weighted by Crippen LogP contribution is -2.47. The highest BCUT2D eigenvalue weighted by Gasteiger charge is 2.11. The fourth-order valence-electron chi connectivity index (χ4n) is 1.55. The van der Waals surface area contributed by atoms with Crippen LogP contribution in [-0.2, 0) is 9.53 Å². The Labute approximate surface area is 109 Å². The van der Waals surface area contributed by atoms with Crippen molar-refractivity contribution in [1.29, 1.82) is 0 Å². The fourth-order valence-corrected chi connectivity index (χ4v) is 1.55. The molecule has 0 aliphatic heterocycles. The van der Waals surface area contributed by atoms with Crippen LogP contribution in [0.1, 0.15) is 27.7 Å². The van der Waals surface area contributed by atoms with Crippen LogP contribution in [0.2, 0.25) is 0 Å². The number of nitrogens with zero attached hydrogens (tertiary/aromatic N) is 1. The molecule has 0 saturated heterocycles. The molecule has 0 saturated carbocycles. The zero-order valence-corrected chi connectivity index (χ0v) is 11.8. The van der Waals surface area contributed by atoms with Gasteiger partial charge < -0.3 is 20.3 Å². The van der Waals surface area contributed by atoms with Crippen LogP contribution in [0.3, 0.4) is 0 Å². The van der Waals surface area contributed by atoms with E-state index in [1.165, 1.54) is 0 Å². The first kappa shape index (κ1) is 16.7. The van der Waals surface area contributed by atoms with Gasteiger partial charge in [-0.2, -0.15) is 0 Å². The van der Waals surface area contributed by atoms with Gasteiger partial charge in [-0.3, -0.25) is 4.79 Å². The van der Waals surface area contributed by atoms with Crippen LogP contribution in [0.4, 0.5) is 4.79 Å². The summed E-state index contributed by atoms with van der Waals surface area (Å²) in [6, 6.07) is -0.310. The SMILES string of the molecule is CCOC(=O)CNC(=O)NC(C)CN(CC)CC. The number of urea groups is 1. The second-order valence-corrected chi connectivity index (χ2v) is 4.02. The Hall–Kier alpha value is -1.30. The quantitative estimate of drug-likeness (QED) is 0.626. The molecule has 0 aliphatic rings. The Balaban J connectivity index is 3.83. The highest BCUT2D eigenvalue weighted by Crippen LogP contribution is 1.91. The van der Waals surface area contributed by atoms with Gasteiger partial charge in [-0.1, -0.05) is 13.8 Å². The number of nitrogens with one attached hydrogen (secondary N) is 2. The molecule has 2 amide bonds. The molecule has 0 spiro atoms.